The lowest BCUT2D eigenvalue weighted by atomic mass is 9.91. The molecule has 12 heavy (non-hydrogen) atoms. The van der Waals surface area contributed by atoms with E-state index < -0.39 is 0 Å². The summed E-state index contributed by atoms with van der Waals surface area (Å²) >= 11 is 0. The first kappa shape index (κ1) is 9.07. The SMILES string of the molecule is C=CC1(NC)C=CC(NC)=CC1. The van der Waals surface area contributed by atoms with Crippen LogP contribution in [0, 0.1) is 0 Å². The molecule has 0 fully saturated rings. The summed E-state index contributed by atoms with van der Waals surface area (Å²) in [6.45, 7) is 3.81. The Kier molecular flexibility index (Phi) is 2.71. The van der Waals surface area contributed by atoms with E-state index in [0.29, 0.717) is 0 Å². The van der Waals surface area contributed by atoms with Crippen molar-refractivity contribution < 1.29 is 0 Å². The maximum Gasteiger partial charge on any atom is 0.0584 e. The number of likely N-dealkylation sites (N-methyl/N-ethyl adjacent to an activating group) is 2. The van der Waals surface area contributed by atoms with Gasteiger partial charge in [0.1, 0.15) is 0 Å². The fourth-order valence-electron chi connectivity index (χ4n) is 1.28. The maximum atomic E-state index is 3.81. The molecule has 0 aromatic heterocycles. The van der Waals surface area contributed by atoms with Gasteiger partial charge in [-0.2, -0.15) is 0 Å². The molecular weight excluding hydrogens is 148 g/mol. The molecule has 0 aromatic carbocycles. The van der Waals surface area contributed by atoms with E-state index in [4.69, 9.17) is 0 Å². The van der Waals surface area contributed by atoms with Crippen LogP contribution in [0.25, 0.3) is 0 Å². The minimum Gasteiger partial charge on any atom is -0.388 e. The average molecular weight is 164 g/mol. The molecule has 0 spiro atoms. The fourth-order valence-corrected chi connectivity index (χ4v) is 1.28. The zero-order chi connectivity index (χ0) is 9.03. The molecule has 0 amide bonds. The van der Waals surface area contributed by atoms with E-state index in [1.807, 2.05) is 20.2 Å². The molecule has 1 atom stereocenters. The van der Waals surface area contributed by atoms with Gasteiger partial charge in [0.05, 0.1) is 5.54 Å². The third kappa shape index (κ3) is 1.59. The van der Waals surface area contributed by atoms with Crippen LogP contribution in [-0.2, 0) is 0 Å². The molecule has 0 saturated heterocycles. The highest BCUT2D eigenvalue weighted by atomic mass is 14.9. The van der Waals surface area contributed by atoms with Crippen molar-refractivity contribution in [1.82, 2.24) is 10.6 Å². The first-order valence-electron chi connectivity index (χ1n) is 4.16. The van der Waals surface area contributed by atoms with Crippen molar-refractivity contribution in [2.24, 2.45) is 0 Å². The van der Waals surface area contributed by atoms with Gasteiger partial charge in [0.2, 0.25) is 0 Å². The molecular formula is C10H16N2. The Morgan fingerprint density at radius 1 is 1.58 bits per heavy atom. The molecule has 0 radical (unpaired) electrons. The summed E-state index contributed by atoms with van der Waals surface area (Å²) in [6.07, 6.45) is 9.26. The van der Waals surface area contributed by atoms with Crippen LogP contribution in [0.2, 0.25) is 0 Å². The molecule has 1 rings (SSSR count). The molecule has 0 bridgehead atoms. The van der Waals surface area contributed by atoms with Gasteiger partial charge in [-0.1, -0.05) is 18.2 Å². The van der Waals surface area contributed by atoms with Crippen LogP contribution in [0.3, 0.4) is 0 Å². The highest BCUT2D eigenvalue weighted by Gasteiger charge is 2.21. The van der Waals surface area contributed by atoms with Crippen LogP contribution in [0.5, 0.6) is 0 Å². The minimum atomic E-state index is -0.0413. The molecule has 2 N–H and O–H groups in total. The second kappa shape index (κ2) is 3.59. The van der Waals surface area contributed by atoms with E-state index in [2.05, 4.69) is 35.4 Å². The van der Waals surface area contributed by atoms with Gasteiger partial charge in [-0.05, 0) is 19.5 Å². The summed E-state index contributed by atoms with van der Waals surface area (Å²) in [5, 5.41) is 6.34. The Balaban J connectivity index is 2.74. The first-order chi connectivity index (χ1) is 5.76. The predicted molar refractivity (Wildman–Crippen MR) is 52.9 cm³/mol. The van der Waals surface area contributed by atoms with E-state index in [1.54, 1.807) is 0 Å². The molecule has 1 aliphatic rings. The molecule has 1 aliphatic carbocycles. The van der Waals surface area contributed by atoms with E-state index in [9.17, 15) is 0 Å². The Morgan fingerprint density at radius 3 is 2.67 bits per heavy atom. The summed E-state index contributed by atoms with van der Waals surface area (Å²) in [5.41, 5.74) is 1.13. The number of hydrogen-bond donors (Lipinski definition) is 2. The van der Waals surface area contributed by atoms with Crippen molar-refractivity contribution in [3.63, 3.8) is 0 Å². The average Bonchev–Trinajstić information content (AvgIpc) is 2.18. The lowest BCUT2D eigenvalue weighted by Crippen LogP contribution is -2.39. The number of allylic oxidation sites excluding steroid dienone is 1. The highest BCUT2D eigenvalue weighted by molar-refractivity contribution is 5.31. The van der Waals surface area contributed by atoms with Gasteiger partial charge in [0.25, 0.3) is 0 Å². The third-order valence-corrected chi connectivity index (χ3v) is 2.34. The zero-order valence-electron chi connectivity index (χ0n) is 7.72. The van der Waals surface area contributed by atoms with Crippen LogP contribution in [-0.4, -0.2) is 19.6 Å². The van der Waals surface area contributed by atoms with Crippen molar-refractivity contribution in [3.8, 4) is 0 Å². The van der Waals surface area contributed by atoms with Crippen molar-refractivity contribution in [1.29, 1.82) is 0 Å². The monoisotopic (exact) mass is 164 g/mol. The van der Waals surface area contributed by atoms with Gasteiger partial charge >= 0.3 is 0 Å². The minimum absolute atomic E-state index is 0.0413. The third-order valence-electron chi connectivity index (χ3n) is 2.34. The molecule has 0 aliphatic heterocycles. The Bertz CT molecular complexity index is 228. The van der Waals surface area contributed by atoms with Crippen LogP contribution in [0.1, 0.15) is 6.42 Å². The van der Waals surface area contributed by atoms with Crippen LogP contribution in [0.15, 0.2) is 36.6 Å². The Morgan fingerprint density at radius 2 is 2.33 bits per heavy atom. The summed E-state index contributed by atoms with van der Waals surface area (Å²) in [6, 6.07) is 0. The standard InChI is InChI=1S/C10H16N2/c1-4-10(12-3)7-5-9(11-2)6-8-10/h4-7,11-12H,1,8H2,2-3H3. The van der Waals surface area contributed by atoms with Crippen molar-refractivity contribution in [3.05, 3.63) is 36.6 Å². The Hall–Kier alpha value is -1.02. The summed E-state index contributed by atoms with van der Waals surface area (Å²) in [5.74, 6) is 0. The topological polar surface area (TPSA) is 24.1 Å². The fraction of sp³-hybridized carbons (Fsp3) is 0.400. The summed E-state index contributed by atoms with van der Waals surface area (Å²) in [4.78, 5) is 0. The summed E-state index contributed by atoms with van der Waals surface area (Å²) < 4.78 is 0. The lowest BCUT2D eigenvalue weighted by molar-refractivity contribution is 0.535. The molecule has 1 unspecified atom stereocenters. The van der Waals surface area contributed by atoms with E-state index in [-0.39, 0.29) is 5.54 Å². The van der Waals surface area contributed by atoms with Crippen LogP contribution < -0.4 is 10.6 Å². The molecule has 0 saturated carbocycles. The first-order valence-corrected chi connectivity index (χ1v) is 4.16. The van der Waals surface area contributed by atoms with Gasteiger partial charge in [0.15, 0.2) is 0 Å². The van der Waals surface area contributed by atoms with E-state index in [1.165, 1.54) is 5.70 Å². The largest absolute Gasteiger partial charge is 0.388 e. The normalized spacial score (nSPS) is 28.0. The van der Waals surface area contributed by atoms with Gasteiger partial charge < -0.3 is 10.6 Å². The highest BCUT2D eigenvalue weighted by Crippen LogP contribution is 2.20. The van der Waals surface area contributed by atoms with Crippen LogP contribution in [0.4, 0.5) is 0 Å². The van der Waals surface area contributed by atoms with Crippen LogP contribution >= 0.6 is 0 Å². The lowest BCUT2D eigenvalue weighted by Gasteiger charge is -2.28. The molecule has 0 aromatic rings. The molecule has 0 heterocycles. The second-order valence-corrected chi connectivity index (χ2v) is 2.94. The van der Waals surface area contributed by atoms with Crippen molar-refractivity contribution in [2.75, 3.05) is 14.1 Å². The molecule has 66 valence electrons. The number of hydrogen-bond acceptors (Lipinski definition) is 2. The van der Waals surface area contributed by atoms with E-state index >= 15 is 0 Å². The van der Waals surface area contributed by atoms with E-state index in [0.717, 1.165) is 6.42 Å². The quantitative estimate of drug-likeness (QED) is 0.612. The smallest absolute Gasteiger partial charge is 0.0584 e. The second-order valence-electron chi connectivity index (χ2n) is 2.94. The number of rotatable bonds is 3. The molecule has 2 heteroatoms. The molecule has 2 nitrogen and oxygen atoms in total. The maximum absolute atomic E-state index is 3.81. The predicted octanol–water partition coefficient (Wildman–Crippen LogP) is 1.19. The van der Waals surface area contributed by atoms with Gasteiger partial charge in [-0.25, -0.2) is 0 Å². The van der Waals surface area contributed by atoms with Gasteiger partial charge in [-0.15, -0.1) is 6.58 Å². The summed E-state index contributed by atoms with van der Waals surface area (Å²) in [7, 11) is 3.88. The van der Waals surface area contributed by atoms with Crippen molar-refractivity contribution >= 4 is 0 Å². The Labute approximate surface area is 74.0 Å². The van der Waals surface area contributed by atoms with Gasteiger partial charge in [0, 0.05) is 12.7 Å². The zero-order valence-corrected chi connectivity index (χ0v) is 7.72. The van der Waals surface area contributed by atoms with Crippen molar-refractivity contribution in [2.45, 2.75) is 12.0 Å². The number of nitrogens with one attached hydrogen (secondary N) is 2. The van der Waals surface area contributed by atoms with Gasteiger partial charge in [-0.3, -0.25) is 0 Å².